The Kier molecular flexibility index (Phi) is 4.84. The maximum Gasteiger partial charge on any atom is 0.229 e. The molecular formula is C14H21N3O3S. The minimum Gasteiger partial charge on any atom is -0.327 e. The molecule has 2 unspecified atom stereocenters. The first kappa shape index (κ1) is 15.8. The van der Waals surface area contributed by atoms with Crippen LogP contribution in [0.3, 0.4) is 0 Å². The molecule has 116 valence electrons. The van der Waals surface area contributed by atoms with Gasteiger partial charge in [0.15, 0.2) is 0 Å². The van der Waals surface area contributed by atoms with Crippen molar-refractivity contribution in [2.24, 2.45) is 11.7 Å². The standard InChI is InChI=1S/C14H21N3O3S/c1-21(19,20)17-11-6-4-5-10(9-11)16-14(18)12-7-2-3-8-13(12)15/h4-6,9,12-13,17H,2-3,7-8,15H2,1H3,(H,16,18). The average Bonchev–Trinajstić information content (AvgIpc) is 2.37. The van der Waals surface area contributed by atoms with Crippen molar-refractivity contribution in [2.75, 3.05) is 16.3 Å². The second kappa shape index (κ2) is 6.44. The zero-order valence-corrected chi connectivity index (χ0v) is 12.8. The van der Waals surface area contributed by atoms with Gasteiger partial charge in [0, 0.05) is 11.7 Å². The maximum atomic E-state index is 12.2. The largest absolute Gasteiger partial charge is 0.327 e. The summed E-state index contributed by atoms with van der Waals surface area (Å²) < 4.78 is 24.8. The maximum absolute atomic E-state index is 12.2. The van der Waals surface area contributed by atoms with E-state index in [1.165, 1.54) is 0 Å². The summed E-state index contributed by atoms with van der Waals surface area (Å²) in [4.78, 5) is 12.2. The van der Waals surface area contributed by atoms with Crippen LogP contribution in [0.25, 0.3) is 0 Å². The number of benzene rings is 1. The number of nitrogens with two attached hydrogens (primary N) is 1. The molecule has 1 saturated carbocycles. The van der Waals surface area contributed by atoms with Crippen molar-refractivity contribution in [1.82, 2.24) is 0 Å². The van der Waals surface area contributed by atoms with Gasteiger partial charge in [0.1, 0.15) is 0 Å². The van der Waals surface area contributed by atoms with Crippen LogP contribution in [0.2, 0.25) is 0 Å². The van der Waals surface area contributed by atoms with Gasteiger partial charge in [0.05, 0.1) is 17.9 Å². The minimum atomic E-state index is -3.33. The predicted molar refractivity (Wildman–Crippen MR) is 83.5 cm³/mol. The highest BCUT2D eigenvalue weighted by atomic mass is 32.2. The molecule has 2 rings (SSSR count). The van der Waals surface area contributed by atoms with Crippen LogP contribution in [-0.2, 0) is 14.8 Å². The van der Waals surface area contributed by atoms with Crippen LogP contribution in [0, 0.1) is 5.92 Å². The lowest BCUT2D eigenvalue weighted by Crippen LogP contribution is -2.40. The molecule has 1 fully saturated rings. The molecule has 2 atom stereocenters. The van der Waals surface area contributed by atoms with E-state index < -0.39 is 10.0 Å². The molecule has 0 radical (unpaired) electrons. The summed E-state index contributed by atoms with van der Waals surface area (Å²) in [5.41, 5.74) is 6.98. The smallest absolute Gasteiger partial charge is 0.229 e. The lowest BCUT2D eigenvalue weighted by atomic mass is 9.84. The summed E-state index contributed by atoms with van der Waals surface area (Å²) >= 11 is 0. The highest BCUT2D eigenvalue weighted by Gasteiger charge is 2.28. The first-order chi connectivity index (χ1) is 9.85. The third-order valence-corrected chi connectivity index (χ3v) is 4.20. The van der Waals surface area contributed by atoms with E-state index in [1.807, 2.05) is 0 Å². The zero-order valence-electron chi connectivity index (χ0n) is 12.0. The van der Waals surface area contributed by atoms with Crippen LogP contribution >= 0.6 is 0 Å². The van der Waals surface area contributed by atoms with Gasteiger partial charge in [-0.3, -0.25) is 9.52 Å². The van der Waals surface area contributed by atoms with Crippen molar-refractivity contribution >= 4 is 27.3 Å². The highest BCUT2D eigenvalue weighted by Crippen LogP contribution is 2.25. The van der Waals surface area contributed by atoms with E-state index in [9.17, 15) is 13.2 Å². The summed E-state index contributed by atoms with van der Waals surface area (Å²) in [7, 11) is -3.33. The number of hydrogen-bond acceptors (Lipinski definition) is 4. The van der Waals surface area contributed by atoms with E-state index in [0.29, 0.717) is 11.4 Å². The third kappa shape index (κ3) is 4.71. The van der Waals surface area contributed by atoms with E-state index in [2.05, 4.69) is 10.0 Å². The van der Waals surface area contributed by atoms with Crippen molar-refractivity contribution in [1.29, 1.82) is 0 Å². The Morgan fingerprint density at radius 2 is 1.90 bits per heavy atom. The molecule has 0 saturated heterocycles. The van der Waals surface area contributed by atoms with Gasteiger partial charge in [-0.15, -0.1) is 0 Å². The fraction of sp³-hybridized carbons (Fsp3) is 0.500. The Labute approximate surface area is 125 Å². The molecular weight excluding hydrogens is 290 g/mol. The molecule has 1 aliphatic rings. The number of rotatable bonds is 4. The molecule has 0 spiro atoms. The molecule has 6 nitrogen and oxygen atoms in total. The Hall–Kier alpha value is -1.60. The topological polar surface area (TPSA) is 101 Å². The zero-order chi connectivity index (χ0) is 15.5. The lowest BCUT2D eigenvalue weighted by Gasteiger charge is -2.27. The van der Waals surface area contributed by atoms with E-state index in [-0.39, 0.29) is 17.9 Å². The molecule has 1 aliphatic carbocycles. The fourth-order valence-corrected chi connectivity index (χ4v) is 3.15. The second-order valence-electron chi connectivity index (χ2n) is 5.50. The number of carbonyl (C=O) groups is 1. The molecule has 4 N–H and O–H groups in total. The van der Waals surface area contributed by atoms with Gasteiger partial charge < -0.3 is 11.1 Å². The molecule has 1 amide bonds. The van der Waals surface area contributed by atoms with Crippen LogP contribution in [0.5, 0.6) is 0 Å². The minimum absolute atomic E-state index is 0.0984. The van der Waals surface area contributed by atoms with Crippen LogP contribution in [0.15, 0.2) is 24.3 Å². The SMILES string of the molecule is CS(=O)(=O)Nc1cccc(NC(=O)C2CCCCC2N)c1. The Balaban J connectivity index is 2.05. The predicted octanol–water partition coefficient (Wildman–Crippen LogP) is 1.51. The van der Waals surface area contributed by atoms with Crippen molar-refractivity contribution < 1.29 is 13.2 Å². The first-order valence-electron chi connectivity index (χ1n) is 6.99. The third-order valence-electron chi connectivity index (χ3n) is 3.59. The quantitative estimate of drug-likeness (QED) is 0.784. The Morgan fingerprint density at radius 3 is 2.57 bits per heavy atom. The Morgan fingerprint density at radius 1 is 1.24 bits per heavy atom. The molecule has 0 aliphatic heterocycles. The van der Waals surface area contributed by atoms with Gasteiger partial charge in [0.2, 0.25) is 15.9 Å². The van der Waals surface area contributed by atoms with Gasteiger partial charge in [-0.05, 0) is 31.0 Å². The summed E-state index contributed by atoms with van der Waals surface area (Å²) in [5, 5.41) is 2.81. The molecule has 0 aromatic heterocycles. The van der Waals surface area contributed by atoms with Crippen molar-refractivity contribution in [3.05, 3.63) is 24.3 Å². The van der Waals surface area contributed by atoms with Crippen molar-refractivity contribution in [2.45, 2.75) is 31.7 Å². The number of sulfonamides is 1. The van der Waals surface area contributed by atoms with Crippen LogP contribution in [-0.4, -0.2) is 26.6 Å². The summed E-state index contributed by atoms with van der Waals surface area (Å²) in [6, 6.07) is 6.52. The second-order valence-corrected chi connectivity index (χ2v) is 7.25. The van der Waals surface area contributed by atoms with Crippen LogP contribution in [0.1, 0.15) is 25.7 Å². The van der Waals surface area contributed by atoms with Gasteiger partial charge in [-0.25, -0.2) is 8.42 Å². The number of anilines is 2. The number of hydrogen-bond donors (Lipinski definition) is 3. The van der Waals surface area contributed by atoms with E-state index in [4.69, 9.17) is 5.73 Å². The molecule has 0 bridgehead atoms. The van der Waals surface area contributed by atoms with Gasteiger partial charge in [0.25, 0.3) is 0 Å². The van der Waals surface area contributed by atoms with Crippen LogP contribution < -0.4 is 15.8 Å². The molecule has 7 heteroatoms. The number of amides is 1. The van der Waals surface area contributed by atoms with Gasteiger partial charge >= 0.3 is 0 Å². The lowest BCUT2D eigenvalue weighted by molar-refractivity contribution is -0.121. The van der Waals surface area contributed by atoms with Gasteiger partial charge in [-0.2, -0.15) is 0 Å². The normalized spacial score (nSPS) is 22.6. The number of nitrogens with one attached hydrogen (secondary N) is 2. The van der Waals surface area contributed by atoms with Gasteiger partial charge in [-0.1, -0.05) is 18.9 Å². The molecule has 1 aromatic carbocycles. The van der Waals surface area contributed by atoms with Crippen LogP contribution in [0.4, 0.5) is 11.4 Å². The summed E-state index contributed by atoms with van der Waals surface area (Å²) in [5.74, 6) is -0.274. The van der Waals surface area contributed by atoms with E-state index >= 15 is 0 Å². The summed E-state index contributed by atoms with van der Waals surface area (Å²) in [6.07, 6.45) is 4.83. The van der Waals surface area contributed by atoms with E-state index in [0.717, 1.165) is 31.9 Å². The Bertz CT molecular complexity index is 616. The van der Waals surface area contributed by atoms with E-state index in [1.54, 1.807) is 24.3 Å². The van der Waals surface area contributed by atoms with Crippen molar-refractivity contribution in [3.63, 3.8) is 0 Å². The fourth-order valence-electron chi connectivity index (χ4n) is 2.59. The first-order valence-corrected chi connectivity index (χ1v) is 8.88. The highest BCUT2D eigenvalue weighted by molar-refractivity contribution is 7.92. The molecule has 1 aromatic rings. The monoisotopic (exact) mass is 311 g/mol. The average molecular weight is 311 g/mol. The molecule has 0 heterocycles. The molecule has 21 heavy (non-hydrogen) atoms. The summed E-state index contributed by atoms with van der Waals surface area (Å²) in [6.45, 7) is 0. The van der Waals surface area contributed by atoms with Crippen molar-refractivity contribution in [3.8, 4) is 0 Å². The number of carbonyl (C=O) groups excluding carboxylic acids is 1.